The number of likely N-dealkylation sites (tertiary alicyclic amines) is 1. The van der Waals surface area contributed by atoms with Gasteiger partial charge in [0.1, 0.15) is 5.75 Å². The molecule has 2 heterocycles. The Morgan fingerprint density at radius 2 is 2.04 bits per heavy atom. The van der Waals surface area contributed by atoms with E-state index in [0.29, 0.717) is 24.1 Å². The van der Waals surface area contributed by atoms with Crippen molar-refractivity contribution in [2.45, 2.75) is 38.3 Å². The van der Waals surface area contributed by atoms with Crippen LogP contribution < -0.4 is 4.74 Å². The van der Waals surface area contributed by atoms with E-state index in [1.807, 2.05) is 17.0 Å². The summed E-state index contributed by atoms with van der Waals surface area (Å²) in [4.78, 5) is 21.3. The van der Waals surface area contributed by atoms with Crippen molar-refractivity contribution in [1.82, 2.24) is 14.8 Å². The number of aromatic nitrogens is 1. The number of amides is 1. The Morgan fingerprint density at radius 1 is 1.21 bits per heavy atom. The number of carbonyl (C=O) groups excluding carboxylic acids is 1. The molecule has 0 bridgehead atoms. The lowest BCUT2D eigenvalue weighted by molar-refractivity contribution is 0.0729. The Morgan fingerprint density at radius 3 is 2.79 bits per heavy atom. The Balaban J connectivity index is 1.39. The summed E-state index contributed by atoms with van der Waals surface area (Å²) in [6, 6.07) is 12.1. The van der Waals surface area contributed by atoms with Crippen molar-refractivity contribution in [3.63, 3.8) is 0 Å². The molecule has 1 saturated heterocycles. The summed E-state index contributed by atoms with van der Waals surface area (Å²) in [5.41, 5.74) is 1.82. The van der Waals surface area contributed by atoms with Crippen LogP contribution in [0.5, 0.6) is 5.75 Å². The monoisotopic (exact) mass is 379 g/mol. The number of hydrogen-bond donors (Lipinski definition) is 0. The number of pyridine rings is 1. The Kier molecular flexibility index (Phi) is 5.91. The number of hydrogen-bond acceptors (Lipinski definition) is 4. The predicted octanol–water partition coefficient (Wildman–Crippen LogP) is 3.61. The van der Waals surface area contributed by atoms with Gasteiger partial charge in [-0.05, 0) is 69.1 Å². The molecular formula is C23H29N3O2. The van der Waals surface area contributed by atoms with Gasteiger partial charge < -0.3 is 14.5 Å². The molecule has 1 aromatic carbocycles. The summed E-state index contributed by atoms with van der Waals surface area (Å²) in [7, 11) is 2.18. The van der Waals surface area contributed by atoms with Crippen molar-refractivity contribution in [3.8, 4) is 5.75 Å². The van der Waals surface area contributed by atoms with E-state index in [9.17, 15) is 4.79 Å². The predicted molar refractivity (Wildman–Crippen MR) is 109 cm³/mol. The number of nitrogens with zero attached hydrogens (tertiary/aromatic N) is 3. The number of ether oxygens (including phenoxy) is 1. The Labute approximate surface area is 167 Å². The first kappa shape index (κ1) is 18.9. The molecule has 28 heavy (non-hydrogen) atoms. The average Bonchev–Trinajstić information content (AvgIpc) is 3.56. The quantitative estimate of drug-likeness (QED) is 0.737. The van der Waals surface area contributed by atoms with Gasteiger partial charge in [0.05, 0.1) is 6.61 Å². The van der Waals surface area contributed by atoms with Gasteiger partial charge >= 0.3 is 0 Å². The number of piperidine rings is 1. The van der Waals surface area contributed by atoms with Gasteiger partial charge in [0.15, 0.2) is 0 Å². The van der Waals surface area contributed by atoms with E-state index in [1.54, 1.807) is 24.5 Å². The third-order valence-corrected chi connectivity index (χ3v) is 5.63. The molecule has 2 fully saturated rings. The summed E-state index contributed by atoms with van der Waals surface area (Å²) >= 11 is 0. The van der Waals surface area contributed by atoms with Crippen LogP contribution in [-0.2, 0) is 6.54 Å². The molecule has 2 aromatic rings. The largest absolute Gasteiger partial charge is 0.493 e. The minimum absolute atomic E-state index is 0.0847. The van der Waals surface area contributed by atoms with Crippen molar-refractivity contribution < 1.29 is 9.53 Å². The van der Waals surface area contributed by atoms with Crippen LogP contribution >= 0.6 is 0 Å². The Hall–Kier alpha value is -2.40. The number of rotatable bonds is 7. The molecule has 2 aliphatic rings. The molecule has 0 spiro atoms. The van der Waals surface area contributed by atoms with Crippen LogP contribution in [0.15, 0.2) is 48.8 Å². The van der Waals surface area contributed by atoms with E-state index < -0.39 is 0 Å². The molecule has 1 saturated carbocycles. The highest BCUT2D eigenvalue weighted by atomic mass is 16.5. The highest BCUT2D eigenvalue weighted by Gasteiger charge is 2.33. The second kappa shape index (κ2) is 8.74. The summed E-state index contributed by atoms with van der Waals surface area (Å²) in [5, 5.41) is 0. The molecule has 5 nitrogen and oxygen atoms in total. The second-order valence-electron chi connectivity index (χ2n) is 8.13. The van der Waals surface area contributed by atoms with Gasteiger partial charge in [-0.15, -0.1) is 0 Å². The fraction of sp³-hybridized carbons (Fsp3) is 0.478. The average molecular weight is 380 g/mol. The molecule has 1 aliphatic carbocycles. The van der Waals surface area contributed by atoms with Crippen LogP contribution in [0.4, 0.5) is 0 Å². The van der Waals surface area contributed by atoms with E-state index in [-0.39, 0.29) is 5.91 Å². The summed E-state index contributed by atoms with van der Waals surface area (Å²) in [6.07, 6.45) is 8.01. The molecule has 1 amide bonds. The minimum atomic E-state index is 0.0847. The molecule has 1 unspecified atom stereocenters. The fourth-order valence-corrected chi connectivity index (χ4v) is 3.97. The van der Waals surface area contributed by atoms with E-state index in [1.165, 1.54) is 19.4 Å². The molecule has 1 atom stereocenters. The summed E-state index contributed by atoms with van der Waals surface area (Å²) in [6.45, 7) is 3.68. The van der Waals surface area contributed by atoms with Gasteiger partial charge in [-0.2, -0.15) is 0 Å². The second-order valence-corrected chi connectivity index (χ2v) is 8.13. The van der Waals surface area contributed by atoms with E-state index in [2.05, 4.69) is 29.1 Å². The SMILES string of the molecule is CN1CCCC(COc2cccc(CN(C(=O)c3ccncc3)C3CC3)c2)C1. The van der Waals surface area contributed by atoms with Crippen LogP contribution in [-0.4, -0.2) is 53.5 Å². The van der Waals surface area contributed by atoms with Crippen LogP contribution in [0.2, 0.25) is 0 Å². The minimum Gasteiger partial charge on any atom is -0.493 e. The zero-order valence-corrected chi connectivity index (χ0v) is 16.6. The topological polar surface area (TPSA) is 45.7 Å². The lowest BCUT2D eigenvalue weighted by atomic mass is 9.99. The van der Waals surface area contributed by atoms with Crippen LogP contribution in [0.3, 0.4) is 0 Å². The first-order chi connectivity index (χ1) is 13.7. The van der Waals surface area contributed by atoms with Gasteiger partial charge in [0.2, 0.25) is 0 Å². The van der Waals surface area contributed by atoms with Gasteiger partial charge in [-0.3, -0.25) is 9.78 Å². The Bertz CT molecular complexity index is 791. The zero-order valence-electron chi connectivity index (χ0n) is 16.6. The van der Waals surface area contributed by atoms with Crippen molar-refractivity contribution in [1.29, 1.82) is 0 Å². The van der Waals surface area contributed by atoms with E-state index in [4.69, 9.17) is 4.74 Å². The van der Waals surface area contributed by atoms with Crippen molar-refractivity contribution in [3.05, 3.63) is 59.9 Å². The number of benzene rings is 1. The highest BCUT2D eigenvalue weighted by molar-refractivity contribution is 5.94. The summed E-state index contributed by atoms with van der Waals surface area (Å²) in [5.74, 6) is 1.58. The van der Waals surface area contributed by atoms with Crippen LogP contribution in [0, 0.1) is 5.92 Å². The van der Waals surface area contributed by atoms with E-state index >= 15 is 0 Å². The van der Waals surface area contributed by atoms with Crippen molar-refractivity contribution >= 4 is 5.91 Å². The molecule has 4 rings (SSSR count). The smallest absolute Gasteiger partial charge is 0.254 e. The van der Waals surface area contributed by atoms with E-state index in [0.717, 1.165) is 37.3 Å². The molecular weight excluding hydrogens is 350 g/mol. The van der Waals surface area contributed by atoms with Gasteiger partial charge in [0.25, 0.3) is 5.91 Å². The summed E-state index contributed by atoms with van der Waals surface area (Å²) < 4.78 is 6.10. The van der Waals surface area contributed by atoms with Crippen LogP contribution in [0.1, 0.15) is 41.6 Å². The first-order valence-corrected chi connectivity index (χ1v) is 10.3. The molecule has 0 N–H and O–H groups in total. The maximum Gasteiger partial charge on any atom is 0.254 e. The van der Waals surface area contributed by atoms with Crippen molar-refractivity contribution in [2.24, 2.45) is 5.92 Å². The van der Waals surface area contributed by atoms with Gasteiger partial charge in [-0.1, -0.05) is 12.1 Å². The zero-order chi connectivity index (χ0) is 19.3. The lowest BCUT2D eigenvalue weighted by Crippen LogP contribution is -2.34. The standard InChI is InChI=1S/C23H29N3O2/c1-25-13-3-5-19(15-25)17-28-22-6-2-4-18(14-22)16-26(21-7-8-21)23(27)20-9-11-24-12-10-20/h2,4,6,9-12,14,19,21H,3,5,7-8,13,15-17H2,1H3. The molecule has 1 aliphatic heterocycles. The maximum atomic E-state index is 12.9. The first-order valence-electron chi connectivity index (χ1n) is 10.3. The molecule has 1 aromatic heterocycles. The normalized spacial score (nSPS) is 20.0. The maximum absolute atomic E-state index is 12.9. The van der Waals surface area contributed by atoms with Crippen LogP contribution in [0.25, 0.3) is 0 Å². The molecule has 148 valence electrons. The third-order valence-electron chi connectivity index (χ3n) is 5.63. The highest BCUT2D eigenvalue weighted by Crippen LogP contribution is 2.30. The van der Waals surface area contributed by atoms with Gasteiger partial charge in [0, 0.05) is 43.0 Å². The van der Waals surface area contributed by atoms with Gasteiger partial charge in [-0.25, -0.2) is 0 Å². The lowest BCUT2D eigenvalue weighted by Gasteiger charge is -2.29. The molecule has 0 radical (unpaired) electrons. The molecule has 5 heteroatoms. The van der Waals surface area contributed by atoms with Crippen molar-refractivity contribution in [2.75, 3.05) is 26.7 Å². The third kappa shape index (κ3) is 4.90. The number of carbonyl (C=O) groups is 1. The fourth-order valence-electron chi connectivity index (χ4n) is 3.97.